The van der Waals surface area contributed by atoms with E-state index in [0.717, 1.165) is 19.2 Å². The summed E-state index contributed by atoms with van der Waals surface area (Å²) in [5, 5.41) is 0.445. The Hall–Kier alpha value is -4.89. The fraction of sp³-hybridized carbons (Fsp3) is 0.233. The number of rotatable bonds is 4. The first kappa shape index (κ1) is 28.9. The lowest BCUT2D eigenvalue weighted by molar-refractivity contribution is -0.0208. The summed E-state index contributed by atoms with van der Waals surface area (Å²) in [5.74, 6) is -5.02. The highest BCUT2D eigenvalue weighted by molar-refractivity contribution is 7.14. The van der Waals surface area contributed by atoms with Crippen molar-refractivity contribution < 1.29 is 46.1 Å². The number of aromatic nitrogens is 1. The molecule has 0 saturated carbocycles. The van der Waals surface area contributed by atoms with Crippen molar-refractivity contribution in [3.05, 3.63) is 98.3 Å². The van der Waals surface area contributed by atoms with Crippen LogP contribution in [0.15, 0.2) is 53.5 Å². The quantitative estimate of drug-likeness (QED) is 0.178. The molecule has 4 heterocycles. The maximum Gasteiger partial charge on any atom is 0.510 e. The third-order valence-corrected chi connectivity index (χ3v) is 8.94. The van der Waals surface area contributed by atoms with Crippen LogP contribution in [0.2, 0.25) is 0 Å². The highest BCUT2D eigenvalue weighted by Gasteiger charge is 2.47. The maximum absolute atomic E-state index is 15.9. The zero-order valence-electron chi connectivity index (χ0n) is 23.2. The Labute approximate surface area is 255 Å². The molecule has 232 valence electrons. The maximum atomic E-state index is 15.9. The fourth-order valence-corrected chi connectivity index (χ4v) is 7.05. The van der Waals surface area contributed by atoms with Gasteiger partial charge in [0.1, 0.15) is 6.17 Å². The van der Waals surface area contributed by atoms with E-state index in [-0.39, 0.29) is 35.9 Å². The molecule has 45 heavy (non-hydrogen) atoms. The normalized spacial score (nSPS) is 18.2. The van der Waals surface area contributed by atoms with E-state index in [4.69, 9.17) is 14.2 Å². The predicted molar refractivity (Wildman–Crippen MR) is 150 cm³/mol. The van der Waals surface area contributed by atoms with Gasteiger partial charge in [-0.2, -0.15) is 4.39 Å². The van der Waals surface area contributed by atoms with Crippen molar-refractivity contribution in [3.8, 4) is 27.3 Å². The van der Waals surface area contributed by atoms with Crippen LogP contribution in [0.1, 0.15) is 27.7 Å². The Morgan fingerprint density at radius 3 is 2.62 bits per heavy atom. The standard InChI is InChI=1S/C30H21F4N3O7S/c1-41-30(40)44-13-43-26-18(38)8-9-36-25(26)29(39)35-10-11-42-12-19(35)37(36)24-14-4-2-3-5-15(14)27-21(23(33)28(34)45-27)20-16(24)6-7-17(31)22(20)32/h2-9,19,24H,10-13H2,1H3/t19-,24-/m1/s1. The number of methoxy groups -OCH3 is 1. The van der Waals surface area contributed by atoms with Crippen molar-refractivity contribution in [2.24, 2.45) is 0 Å². The summed E-state index contributed by atoms with van der Waals surface area (Å²) in [6.07, 6.45) is -0.631. The molecule has 7 rings (SSSR count). The van der Waals surface area contributed by atoms with Gasteiger partial charge in [-0.05, 0) is 22.8 Å². The number of morpholine rings is 1. The lowest BCUT2D eigenvalue weighted by Gasteiger charge is -2.51. The van der Waals surface area contributed by atoms with Crippen LogP contribution in [-0.4, -0.2) is 61.5 Å². The van der Waals surface area contributed by atoms with E-state index in [2.05, 4.69) is 4.74 Å². The number of hydrogen-bond donors (Lipinski definition) is 0. The zero-order chi connectivity index (χ0) is 31.6. The predicted octanol–water partition coefficient (Wildman–Crippen LogP) is 4.77. The van der Waals surface area contributed by atoms with Crippen LogP contribution in [0.25, 0.3) is 21.6 Å². The van der Waals surface area contributed by atoms with Gasteiger partial charge in [-0.25, -0.2) is 18.0 Å². The van der Waals surface area contributed by atoms with Gasteiger partial charge in [-0.3, -0.25) is 19.3 Å². The van der Waals surface area contributed by atoms with Gasteiger partial charge in [-0.1, -0.05) is 30.3 Å². The molecule has 0 spiro atoms. The van der Waals surface area contributed by atoms with E-state index < -0.39 is 76.0 Å². The molecule has 3 aliphatic rings. The molecule has 1 amide bonds. The van der Waals surface area contributed by atoms with E-state index in [1.54, 1.807) is 29.3 Å². The van der Waals surface area contributed by atoms with E-state index >= 15 is 8.78 Å². The first-order valence-corrected chi connectivity index (χ1v) is 14.4. The van der Waals surface area contributed by atoms with Gasteiger partial charge in [0.25, 0.3) is 5.91 Å². The molecule has 1 saturated heterocycles. The van der Waals surface area contributed by atoms with Crippen LogP contribution >= 0.6 is 11.3 Å². The smallest absolute Gasteiger partial charge is 0.451 e. The molecule has 2 aliphatic heterocycles. The SMILES string of the molecule is COC(=O)OCOc1c2n(ccc1=O)N([C@@H]1c3ccccc3-c3sc(F)c(F)c3-c3c1ccc(F)c3F)[C@@H]1COCCN1C2=O. The highest BCUT2D eigenvalue weighted by Crippen LogP contribution is 2.52. The molecule has 1 aliphatic carbocycles. The Morgan fingerprint density at radius 1 is 1.02 bits per heavy atom. The first-order valence-electron chi connectivity index (χ1n) is 13.5. The molecule has 2 atom stereocenters. The van der Waals surface area contributed by atoms with Gasteiger partial charge >= 0.3 is 6.16 Å². The van der Waals surface area contributed by atoms with Crippen LogP contribution in [0, 0.1) is 22.6 Å². The second-order valence-corrected chi connectivity index (χ2v) is 11.2. The second-order valence-electron chi connectivity index (χ2n) is 10.2. The second kappa shape index (κ2) is 10.9. The van der Waals surface area contributed by atoms with Crippen LogP contribution in [0.5, 0.6) is 5.75 Å². The number of halogens is 4. The third-order valence-electron chi connectivity index (χ3n) is 7.95. The summed E-state index contributed by atoms with van der Waals surface area (Å²) in [4.78, 5) is 40.0. The Morgan fingerprint density at radius 2 is 1.82 bits per heavy atom. The van der Waals surface area contributed by atoms with Crippen molar-refractivity contribution in [3.63, 3.8) is 0 Å². The number of ether oxygens (including phenoxy) is 4. The molecule has 15 heteroatoms. The lowest BCUT2D eigenvalue weighted by atomic mass is 9.91. The molecule has 0 unspecified atom stereocenters. The number of carbonyl (C=O) groups excluding carboxylic acids is 2. The van der Waals surface area contributed by atoms with Crippen LogP contribution in [0.3, 0.4) is 0 Å². The van der Waals surface area contributed by atoms with Crippen molar-refractivity contribution in [2.75, 3.05) is 38.7 Å². The molecule has 2 aromatic heterocycles. The summed E-state index contributed by atoms with van der Waals surface area (Å²) in [6, 6.07) is 8.86. The summed E-state index contributed by atoms with van der Waals surface area (Å²) in [5.41, 5.74) is -0.977. The first-order chi connectivity index (χ1) is 21.7. The molecule has 10 nitrogen and oxygen atoms in total. The van der Waals surface area contributed by atoms with E-state index in [0.29, 0.717) is 22.5 Å². The van der Waals surface area contributed by atoms with Crippen LogP contribution < -0.4 is 15.2 Å². The van der Waals surface area contributed by atoms with Gasteiger partial charge in [0.15, 0.2) is 23.1 Å². The minimum Gasteiger partial charge on any atom is -0.451 e. The van der Waals surface area contributed by atoms with Gasteiger partial charge in [0, 0.05) is 34.8 Å². The number of carbonyl (C=O) groups is 2. The van der Waals surface area contributed by atoms with Crippen LogP contribution in [0.4, 0.5) is 22.4 Å². The van der Waals surface area contributed by atoms with Gasteiger partial charge < -0.3 is 23.8 Å². The van der Waals surface area contributed by atoms with Crippen molar-refractivity contribution in [2.45, 2.75) is 12.2 Å². The number of hydrogen-bond acceptors (Lipinski definition) is 9. The van der Waals surface area contributed by atoms with Crippen molar-refractivity contribution in [1.82, 2.24) is 9.58 Å². The largest absolute Gasteiger partial charge is 0.510 e. The lowest BCUT2D eigenvalue weighted by Crippen LogP contribution is -2.66. The fourth-order valence-electron chi connectivity index (χ4n) is 6.09. The molecule has 0 N–H and O–H groups in total. The Kier molecular flexibility index (Phi) is 7.00. The topological polar surface area (TPSA) is 99.5 Å². The van der Waals surface area contributed by atoms with Crippen molar-refractivity contribution >= 4 is 23.4 Å². The summed E-state index contributed by atoms with van der Waals surface area (Å²) >= 11 is 0.468. The summed E-state index contributed by atoms with van der Waals surface area (Å²) < 4.78 is 82.8. The number of benzene rings is 2. The van der Waals surface area contributed by atoms with Crippen molar-refractivity contribution in [1.29, 1.82) is 0 Å². The van der Waals surface area contributed by atoms with E-state index in [1.165, 1.54) is 21.8 Å². The number of thiophene rings is 1. The number of amides is 1. The molecule has 0 radical (unpaired) electrons. The monoisotopic (exact) mass is 643 g/mol. The Balaban J connectivity index is 1.51. The summed E-state index contributed by atoms with van der Waals surface area (Å²) in [7, 11) is 1.08. The third kappa shape index (κ3) is 4.36. The number of pyridine rings is 1. The number of nitrogens with zero attached hydrogens (tertiary/aromatic N) is 3. The highest BCUT2D eigenvalue weighted by atomic mass is 32.1. The van der Waals surface area contributed by atoms with Gasteiger partial charge in [0.2, 0.25) is 23.1 Å². The molecule has 2 aromatic carbocycles. The molecular weight excluding hydrogens is 622 g/mol. The zero-order valence-corrected chi connectivity index (χ0v) is 24.0. The minimum absolute atomic E-state index is 0.0264. The average Bonchev–Trinajstić information content (AvgIpc) is 3.27. The number of fused-ring (bicyclic) bond motifs is 7. The Bertz CT molecular complexity index is 1950. The molecular formula is C30H21F4N3O7S. The summed E-state index contributed by atoms with van der Waals surface area (Å²) in [6.45, 7) is -0.535. The molecule has 4 aromatic rings. The van der Waals surface area contributed by atoms with E-state index in [1.807, 2.05) is 0 Å². The van der Waals surface area contributed by atoms with Gasteiger partial charge in [0.05, 0.1) is 26.4 Å². The minimum atomic E-state index is -1.38. The molecule has 1 fully saturated rings. The van der Waals surface area contributed by atoms with Gasteiger partial charge in [-0.15, -0.1) is 11.3 Å². The van der Waals surface area contributed by atoms with E-state index in [9.17, 15) is 23.2 Å². The van der Waals surface area contributed by atoms with Crippen LogP contribution in [-0.2, 0) is 14.2 Å². The molecule has 0 bridgehead atoms. The average molecular weight is 644 g/mol.